The van der Waals surface area contributed by atoms with Crippen molar-refractivity contribution in [3.63, 3.8) is 0 Å². The fourth-order valence-electron chi connectivity index (χ4n) is 5.93. The second-order valence-corrected chi connectivity index (χ2v) is 12.0. The summed E-state index contributed by atoms with van der Waals surface area (Å²) in [6, 6.07) is 56.6. The van der Waals surface area contributed by atoms with Crippen molar-refractivity contribution in [2.45, 2.75) is 0 Å². The molecule has 8 aromatic rings. The van der Waals surface area contributed by atoms with Crippen LogP contribution in [0.1, 0.15) is 0 Å². The van der Waals surface area contributed by atoms with Gasteiger partial charge in [0.2, 0.25) is 0 Å². The molecule has 0 saturated heterocycles. The van der Waals surface area contributed by atoms with E-state index in [1.54, 1.807) is 11.3 Å². The molecular weight excluding hydrogens is 553 g/mol. The van der Waals surface area contributed by atoms with Crippen LogP contribution in [-0.2, 0) is 0 Å². The average Bonchev–Trinajstić information content (AvgIpc) is 3.48. The molecule has 2 heterocycles. The van der Waals surface area contributed by atoms with Crippen molar-refractivity contribution in [2.24, 2.45) is 0 Å². The van der Waals surface area contributed by atoms with Crippen LogP contribution in [0.2, 0.25) is 0 Å². The summed E-state index contributed by atoms with van der Waals surface area (Å²) in [5, 5.41) is 2.56. The first-order valence-corrected chi connectivity index (χ1v) is 15.6. The standard InChI is InChI=1S/C41H28N2S/c1-3-7-29(8-4-1)31-11-18-35(19-12-31)43(36-20-13-32(14-21-36)30-9-5-2-6-10-30)37-22-15-33(16-23-37)34-17-24-38-39-25-26-42-28-41(39)44-40(38)27-34/h1-28H. The van der Waals surface area contributed by atoms with E-state index in [1.165, 1.54) is 53.6 Å². The summed E-state index contributed by atoms with van der Waals surface area (Å²) in [4.78, 5) is 6.64. The smallest absolute Gasteiger partial charge is 0.0538 e. The normalized spacial score (nSPS) is 11.2. The number of pyridine rings is 1. The van der Waals surface area contributed by atoms with Crippen molar-refractivity contribution in [1.29, 1.82) is 0 Å². The number of anilines is 3. The van der Waals surface area contributed by atoms with Gasteiger partial charge in [0.15, 0.2) is 0 Å². The lowest BCUT2D eigenvalue weighted by molar-refractivity contribution is 1.28. The summed E-state index contributed by atoms with van der Waals surface area (Å²) < 4.78 is 2.51. The molecule has 8 rings (SSSR count). The Kier molecular flexibility index (Phi) is 6.71. The van der Waals surface area contributed by atoms with E-state index in [2.05, 4.69) is 168 Å². The zero-order valence-corrected chi connectivity index (χ0v) is 24.8. The fraction of sp³-hybridized carbons (Fsp3) is 0. The zero-order chi connectivity index (χ0) is 29.3. The van der Waals surface area contributed by atoms with Gasteiger partial charge in [0.05, 0.1) is 4.70 Å². The van der Waals surface area contributed by atoms with Gasteiger partial charge in [-0.2, -0.15) is 0 Å². The minimum Gasteiger partial charge on any atom is -0.311 e. The van der Waals surface area contributed by atoms with Gasteiger partial charge in [0.25, 0.3) is 0 Å². The van der Waals surface area contributed by atoms with Crippen molar-refractivity contribution >= 4 is 48.6 Å². The molecule has 0 aliphatic rings. The van der Waals surface area contributed by atoms with Crippen LogP contribution in [0, 0.1) is 0 Å². The van der Waals surface area contributed by atoms with Crippen LogP contribution < -0.4 is 4.90 Å². The highest BCUT2D eigenvalue weighted by atomic mass is 32.1. The topological polar surface area (TPSA) is 16.1 Å². The molecule has 0 aliphatic heterocycles. The quantitative estimate of drug-likeness (QED) is 0.194. The van der Waals surface area contributed by atoms with Crippen molar-refractivity contribution in [3.8, 4) is 33.4 Å². The minimum atomic E-state index is 1.11. The van der Waals surface area contributed by atoms with Crippen LogP contribution in [0.15, 0.2) is 170 Å². The lowest BCUT2D eigenvalue weighted by Crippen LogP contribution is -2.09. The van der Waals surface area contributed by atoms with Gasteiger partial charge < -0.3 is 4.90 Å². The number of aromatic nitrogens is 1. The number of thiophene rings is 1. The first-order chi connectivity index (χ1) is 21.8. The third-order valence-electron chi connectivity index (χ3n) is 8.20. The Bertz CT molecular complexity index is 2100. The zero-order valence-electron chi connectivity index (χ0n) is 24.0. The summed E-state index contributed by atoms with van der Waals surface area (Å²) in [7, 11) is 0. The maximum absolute atomic E-state index is 4.31. The predicted molar refractivity (Wildman–Crippen MR) is 188 cm³/mol. The molecule has 0 unspecified atom stereocenters. The van der Waals surface area contributed by atoms with Crippen LogP contribution in [-0.4, -0.2) is 4.98 Å². The van der Waals surface area contributed by atoms with E-state index in [0.717, 1.165) is 17.1 Å². The van der Waals surface area contributed by atoms with Crippen LogP contribution in [0.5, 0.6) is 0 Å². The molecule has 44 heavy (non-hydrogen) atoms. The maximum Gasteiger partial charge on any atom is 0.0538 e. The van der Waals surface area contributed by atoms with Gasteiger partial charge in [0, 0.05) is 44.9 Å². The molecule has 0 bridgehead atoms. The lowest BCUT2D eigenvalue weighted by atomic mass is 10.0. The van der Waals surface area contributed by atoms with Crippen LogP contribution in [0.25, 0.3) is 53.6 Å². The Morgan fingerprint density at radius 3 is 1.34 bits per heavy atom. The van der Waals surface area contributed by atoms with Crippen LogP contribution in [0.4, 0.5) is 17.1 Å². The van der Waals surface area contributed by atoms with E-state index in [-0.39, 0.29) is 0 Å². The van der Waals surface area contributed by atoms with Crippen LogP contribution >= 0.6 is 11.3 Å². The molecule has 0 fully saturated rings. The number of fused-ring (bicyclic) bond motifs is 3. The van der Waals surface area contributed by atoms with E-state index in [9.17, 15) is 0 Å². The number of benzene rings is 6. The second-order valence-electron chi connectivity index (χ2n) is 10.9. The van der Waals surface area contributed by atoms with E-state index >= 15 is 0 Å². The highest BCUT2D eigenvalue weighted by Crippen LogP contribution is 2.39. The molecule has 2 nitrogen and oxygen atoms in total. The van der Waals surface area contributed by atoms with Gasteiger partial charge >= 0.3 is 0 Å². The van der Waals surface area contributed by atoms with E-state index in [0.29, 0.717) is 0 Å². The number of nitrogens with zero attached hydrogens (tertiary/aromatic N) is 2. The SMILES string of the molecule is c1ccc(-c2ccc(N(c3ccc(-c4ccccc4)cc3)c3ccc(-c4ccc5c(c4)sc4cnccc45)cc3)cc2)cc1. The second kappa shape index (κ2) is 11.3. The summed E-state index contributed by atoms with van der Waals surface area (Å²) in [5.41, 5.74) is 10.6. The van der Waals surface area contributed by atoms with Gasteiger partial charge in [0.1, 0.15) is 0 Å². The molecule has 0 N–H and O–H groups in total. The van der Waals surface area contributed by atoms with E-state index in [4.69, 9.17) is 0 Å². The summed E-state index contributed by atoms with van der Waals surface area (Å²) in [6.07, 6.45) is 3.83. The van der Waals surface area contributed by atoms with Gasteiger partial charge in [-0.1, -0.05) is 109 Å². The molecule has 6 aromatic carbocycles. The van der Waals surface area contributed by atoms with Crippen molar-refractivity contribution in [2.75, 3.05) is 4.90 Å². The molecule has 2 aromatic heterocycles. The van der Waals surface area contributed by atoms with Gasteiger partial charge in [-0.3, -0.25) is 4.98 Å². The van der Waals surface area contributed by atoms with Gasteiger partial charge in [-0.15, -0.1) is 11.3 Å². The Balaban J connectivity index is 1.16. The Morgan fingerprint density at radius 2 is 0.818 bits per heavy atom. The summed E-state index contributed by atoms with van der Waals surface area (Å²) >= 11 is 1.80. The molecule has 0 radical (unpaired) electrons. The molecule has 0 atom stereocenters. The van der Waals surface area contributed by atoms with E-state index < -0.39 is 0 Å². The largest absolute Gasteiger partial charge is 0.311 e. The molecule has 0 saturated carbocycles. The third-order valence-corrected chi connectivity index (χ3v) is 9.30. The summed E-state index contributed by atoms with van der Waals surface area (Å²) in [6.45, 7) is 0. The summed E-state index contributed by atoms with van der Waals surface area (Å²) in [5.74, 6) is 0. The van der Waals surface area contributed by atoms with Crippen molar-refractivity contribution in [3.05, 3.63) is 170 Å². The number of hydrogen-bond donors (Lipinski definition) is 0. The van der Waals surface area contributed by atoms with Gasteiger partial charge in [-0.05, 0) is 81.9 Å². The van der Waals surface area contributed by atoms with Crippen molar-refractivity contribution in [1.82, 2.24) is 4.98 Å². The number of rotatable bonds is 6. The monoisotopic (exact) mass is 580 g/mol. The average molecular weight is 581 g/mol. The predicted octanol–water partition coefficient (Wildman–Crippen LogP) is 11.9. The van der Waals surface area contributed by atoms with E-state index in [1.807, 2.05) is 12.4 Å². The number of hydrogen-bond acceptors (Lipinski definition) is 3. The van der Waals surface area contributed by atoms with Crippen molar-refractivity contribution < 1.29 is 0 Å². The highest BCUT2D eigenvalue weighted by molar-refractivity contribution is 7.25. The lowest BCUT2D eigenvalue weighted by Gasteiger charge is -2.26. The molecular formula is C41H28N2S. The molecule has 0 amide bonds. The van der Waals surface area contributed by atoms with Gasteiger partial charge in [-0.25, -0.2) is 0 Å². The highest BCUT2D eigenvalue weighted by Gasteiger charge is 2.14. The Hall–Kier alpha value is -5.51. The minimum absolute atomic E-state index is 1.11. The van der Waals surface area contributed by atoms with Crippen LogP contribution in [0.3, 0.4) is 0 Å². The first kappa shape index (κ1) is 26.1. The first-order valence-electron chi connectivity index (χ1n) is 14.8. The fourth-order valence-corrected chi connectivity index (χ4v) is 7.04. The molecule has 3 heteroatoms. The molecule has 0 aliphatic carbocycles. The Morgan fingerprint density at radius 1 is 0.386 bits per heavy atom. The molecule has 0 spiro atoms. The third kappa shape index (κ3) is 4.94. The maximum atomic E-state index is 4.31. The Labute approximate surface area is 261 Å². The molecule has 208 valence electrons.